The summed E-state index contributed by atoms with van der Waals surface area (Å²) in [7, 11) is 1.70. The van der Waals surface area contributed by atoms with Gasteiger partial charge in [0.2, 0.25) is 0 Å². The van der Waals surface area contributed by atoms with E-state index in [2.05, 4.69) is 11.4 Å². The number of anilines is 1. The van der Waals surface area contributed by atoms with Crippen LogP contribution in [0.5, 0.6) is 11.5 Å². The number of methoxy groups -OCH3 is 1. The van der Waals surface area contributed by atoms with Gasteiger partial charge in [0.05, 0.1) is 19.3 Å². The molecule has 1 unspecified atom stereocenters. The van der Waals surface area contributed by atoms with Crippen LogP contribution in [0.4, 0.5) is 5.69 Å². The summed E-state index contributed by atoms with van der Waals surface area (Å²) >= 11 is 0. The van der Waals surface area contributed by atoms with E-state index in [-0.39, 0.29) is 6.10 Å². The van der Waals surface area contributed by atoms with E-state index in [9.17, 15) is 0 Å². The molecule has 0 aromatic heterocycles. The van der Waals surface area contributed by atoms with Crippen molar-refractivity contribution in [1.82, 2.24) is 0 Å². The molecule has 1 N–H and O–H groups in total. The SMILES string of the molecule is COc1ccccc1CC1CNc2ccccc2O1. The summed E-state index contributed by atoms with van der Waals surface area (Å²) in [5, 5.41) is 3.40. The van der Waals surface area contributed by atoms with Gasteiger partial charge in [-0.3, -0.25) is 0 Å². The second kappa shape index (κ2) is 5.22. The number of para-hydroxylation sites is 3. The molecular weight excluding hydrogens is 238 g/mol. The van der Waals surface area contributed by atoms with Gasteiger partial charge in [-0.05, 0) is 23.8 Å². The van der Waals surface area contributed by atoms with Crippen LogP contribution in [0.2, 0.25) is 0 Å². The minimum atomic E-state index is 0.131. The molecule has 3 nitrogen and oxygen atoms in total. The fraction of sp³-hybridized carbons (Fsp3) is 0.250. The van der Waals surface area contributed by atoms with Gasteiger partial charge in [0.15, 0.2) is 0 Å². The molecule has 3 heteroatoms. The lowest BCUT2D eigenvalue weighted by Gasteiger charge is -2.27. The minimum absolute atomic E-state index is 0.131. The minimum Gasteiger partial charge on any atom is -0.496 e. The Kier molecular flexibility index (Phi) is 3.27. The highest BCUT2D eigenvalue weighted by atomic mass is 16.5. The topological polar surface area (TPSA) is 30.5 Å². The van der Waals surface area contributed by atoms with E-state index in [1.807, 2.05) is 42.5 Å². The number of benzene rings is 2. The van der Waals surface area contributed by atoms with Gasteiger partial charge in [0.1, 0.15) is 17.6 Å². The molecule has 0 saturated heterocycles. The Morgan fingerprint density at radius 3 is 2.84 bits per heavy atom. The molecule has 2 aromatic rings. The van der Waals surface area contributed by atoms with E-state index in [4.69, 9.17) is 9.47 Å². The van der Waals surface area contributed by atoms with Crippen molar-refractivity contribution in [3.05, 3.63) is 54.1 Å². The van der Waals surface area contributed by atoms with E-state index in [0.717, 1.165) is 30.2 Å². The van der Waals surface area contributed by atoms with Gasteiger partial charge in [-0.15, -0.1) is 0 Å². The molecule has 0 aliphatic carbocycles. The van der Waals surface area contributed by atoms with Gasteiger partial charge in [0, 0.05) is 6.42 Å². The first kappa shape index (κ1) is 11.9. The quantitative estimate of drug-likeness (QED) is 0.914. The Morgan fingerprint density at radius 1 is 1.16 bits per heavy atom. The molecule has 1 atom stereocenters. The summed E-state index contributed by atoms with van der Waals surface area (Å²) < 4.78 is 11.4. The highest BCUT2D eigenvalue weighted by Crippen LogP contribution is 2.30. The van der Waals surface area contributed by atoms with E-state index in [1.165, 1.54) is 5.56 Å². The number of nitrogens with one attached hydrogen (secondary N) is 1. The van der Waals surface area contributed by atoms with Gasteiger partial charge in [-0.25, -0.2) is 0 Å². The zero-order valence-electron chi connectivity index (χ0n) is 10.9. The number of ether oxygens (including phenoxy) is 2. The Hall–Kier alpha value is -2.16. The molecule has 0 radical (unpaired) electrons. The van der Waals surface area contributed by atoms with Crippen molar-refractivity contribution >= 4 is 5.69 Å². The maximum Gasteiger partial charge on any atom is 0.142 e. The molecule has 1 aliphatic rings. The van der Waals surface area contributed by atoms with Gasteiger partial charge < -0.3 is 14.8 Å². The molecule has 0 bridgehead atoms. The Bertz CT molecular complexity index is 568. The van der Waals surface area contributed by atoms with Crippen molar-refractivity contribution in [2.45, 2.75) is 12.5 Å². The van der Waals surface area contributed by atoms with Crippen LogP contribution >= 0.6 is 0 Å². The zero-order chi connectivity index (χ0) is 13.1. The van der Waals surface area contributed by atoms with Crippen molar-refractivity contribution in [2.24, 2.45) is 0 Å². The summed E-state index contributed by atoms with van der Waals surface area (Å²) in [5.74, 6) is 1.85. The Morgan fingerprint density at radius 2 is 1.95 bits per heavy atom. The molecule has 1 heterocycles. The first-order valence-electron chi connectivity index (χ1n) is 6.48. The van der Waals surface area contributed by atoms with Crippen LogP contribution in [0, 0.1) is 0 Å². The van der Waals surface area contributed by atoms with E-state index >= 15 is 0 Å². The third-order valence-electron chi connectivity index (χ3n) is 3.34. The highest BCUT2D eigenvalue weighted by Gasteiger charge is 2.20. The molecular formula is C16H17NO2. The summed E-state index contributed by atoms with van der Waals surface area (Å²) in [6, 6.07) is 16.1. The number of hydrogen-bond acceptors (Lipinski definition) is 3. The van der Waals surface area contributed by atoms with E-state index in [0.29, 0.717) is 0 Å². The fourth-order valence-electron chi connectivity index (χ4n) is 2.39. The van der Waals surface area contributed by atoms with Crippen LogP contribution < -0.4 is 14.8 Å². The lowest BCUT2D eigenvalue weighted by Crippen LogP contribution is -2.32. The van der Waals surface area contributed by atoms with Gasteiger partial charge in [-0.2, -0.15) is 0 Å². The zero-order valence-corrected chi connectivity index (χ0v) is 10.9. The average molecular weight is 255 g/mol. The summed E-state index contributed by atoms with van der Waals surface area (Å²) in [5.41, 5.74) is 2.25. The lowest BCUT2D eigenvalue weighted by molar-refractivity contribution is 0.205. The van der Waals surface area contributed by atoms with Crippen LogP contribution in [-0.4, -0.2) is 19.8 Å². The van der Waals surface area contributed by atoms with Gasteiger partial charge in [0.25, 0.3) is 0 Å². The fourth-order valence-corrected chi connectivity index (χ4v) is 2.39. The van der Waals surface area contributed by atoms with Crippen LogP contribution in [0.3, 0.4) is 0 Å². The third-order valence-corrected chi connectivity index (χ3v) is 3.34. The van der Waals surface area contributed by atoms with Crippen LogP contribution in [0.15, 0.2) is 48.5 Å². The van der Waals surface area contributed by atoms with Crippen molar-refractivity contribution in [3.8, 4) is 11.5 Å². The standard InChI is InChI=1S/C16H17NO2/c1-18-15-8-4-2-6-12(15)10-13-11-17-14-7-3-5-9-16(14)19-13/h2-9,13,17H,10-11H2,1H3. The number of rotatable bonds is 3. The van der Waals surface area contributed by atoms with Crippen molar-refractivity contribution < 1.29 is 9.47 Å². The second-order valence-electron chi connectivity index (χ2n) is 4.63. The molecule has 0 amide bonds. The molecule has 2 aromatic carbocycles. The first-order valence-corrected chi connectivity index (χ1v) is 6.48. The predicted octanol–water partition coefficient (Wildman–Crippen LogP) is 3.11. The van der Waals surface area contributed by atoms with Crippen molar-refractivity contribution in [2.75, 3.05) is 19.0 Å². The average Bonchev–Trinajstić information content (AvgIpc) is 2.48. The van der Waals surface area contributed by atoms with Gasteiger partial charge in [-0.1, -0.05) is 30.3 Å². The molecule has 19 heavy (non-hydrogen) atoms. The maximum atomic E-state index is 6.02. The molecule has 0 saturated carbocycles. The summed E-state index contributed by atoms with van der Waals surface area (Å²) in [6.07, 6.45) is 0.969. The van der Waals surface area contributed by atoms with Gasteiger partial charge >= 0.3 is 0 Å². The first-order chi connectivity index (χ1) is 9.36. The largest absolute Gasteiger partial charge is 0.496 e. The van der Waals surface area contributed by atoms with Crippen molar-refractivity contribution in [1.29, 1.82) is 0 Å². The molecule has 0 fully saturated rings. The normalized spacial score (nSPS) is 17.0. The summed E-state index contributed by atoms with van der Waals surface area (Å²) in [6.45, 7) is 0.815. The third kappa shape index (κ3) is 2.50. The van der Waals surface area contributed by atoms with Crippen LogP contribution in [-0.2, 0) is 6.42 Å². The van der Waals surface area contributed by atoms with Crippen LogP contribution in [0.25, 0.3) is 0 Å². The lowest BCUT2D eigenvalue weighted by atomic mass is 10.1. The monoisotopic (exact) mass is 255 g/mol. The van der Waals surface area contributed by atoms with E-state index in [1.54, 1.807) is 7.11 Å². The van der Waals surface area contributed by atoms with Crippen LogP contribution in [0.1, 0.15) is 5.56 Å². The summed E-state index contributed by atoms with van der Waals surface area (Å²) in [4.78, 5) is 0. The molecule has 1 aliphatic heterocycles. The van der Waals surface area contributed by atoms with E-state index < -0.39 is 0 Å². The molecule has 0 spiro atoms. The Labute approximate surface area is 113 Å². The number of hydrogen-bond donors (Lipinski definition) is 1. The maximum absolute atomic E-state index is 6.02. The predicted molar refractivity (Wildman–Crippen MR) is 76.0 cm³/mol. The van der Waals surface area contributed by atoms with Crippen molar-refractivity contribution in [3.63, 3.8) is 0 Å². The highest BCUT2D eigenvalue weighted by molar-refractivity contribution is 5.57. The second-order valence-corrected chi connectivity index (χ2v) is 4.63. The molecule has 3 rings (SSSR count). The Balaban J connectivity index is 1.75. The molecule has 98 valence electrons. The smallest absolute Gasteiger partial charge is 0.142 e. The number of fused-ring (bicyclic) bond motifs is 1.